The van der Waals surface area contributed by atoms with Crippen LogP contribution in [0.1, 0.15) is 12.5 Å². The van der Waals surface area contributed by atoms with E-state index in [9.17, 15) is 8.42 Å². The molecular weight excluding hydrogens is 307 g/mol. The third kappa shape index (κ3) is 3.54. The van der Waals surface area contributed by atoms with Crippen molar-refractivity contribution in [2.24, 2.45) is 0 Å². The highest BCUT2D eigenvalue weighted by atomic mass is 35.5. The maximum absolute atomic E-state index is 11.5. The van der Waals surface area contributed by atoms with E-state index in [1.807, 2.05) is 6.92 Å². The number of rotatable bonds is 2. The van der Waals surface area contributed by atoms with Gasteiger partial charge in [-0.25, -0.2) is 8.42 Å². The number of nitrogen functional groups attached to an aromatic ring is 1. The normalized spacial score (nSPS) is 23.4. The topological polar surface area (TPSA) is 63.4 Å². The van der Waals surface area contributed by atoms with Crippen LogP contribution in [0.2, 0.25) is 10.0 Å². The molecule has 1 unspecified atom stereocenters. The van der Waals surface area contributed by atoms with Crippen LogP contribution in [-0.4, -0.2) is 37.4 Å². The third-order valence-corrected chi connectivity index (χ3v) is 5.75. The summed E-state index contributed by atoms with van der Waals surface area (Å²) >= 11 is 12.0. The van der Waals surface area contributed by atoms with E-state index < -0.39 is 9.84 Å². The fourth-order valence-corrected chi connectivity index (χ4v) is 4.39. The molecule has 0 radical (unpaired) electrons. The first-order chi connectivity index (χ1) is 8.78. The number of halogens is 2. The second kappa shape index (κ2) is 5.48. The summed E-state index contributed by atoms with van der Waals surface area (Å²) in [6.45, 7) is 3.07. The van der Waals surface area contributed by atoms with Crippen LogP contribution in [-0.2, 0) is 16.4 Å². The summed E-state index contributed by atoms with van der Waals surface area (Å²) in [5.41, 5.74) is 7.01. The Morgan fingerprint density at radius 2 is 1.95 bits per heavy atom. The minimum Gasteiger partial charge on any atom is -0.396 e. The largest absolute Gasteiger partial charge is 0.396 e. The van der Waals surface area contributed by atoms with E-state index in [0.717, 1.165) is 5.56 Å². The summed E-state index contributed by atoms with van der Waals surface area (Å²) in [5.74, 6) is 0.400. The minimum atomic E-state index is -2.89. The maximum atomic E-state index is 11.5. The average molecular weight is 323 g/mol. The SMILES string of the molecule is CC1CS(=O)(=O)CCN1Cc1cc(Cl)c(N)c(Cl)c1. The van der Waals surface area contributed by atoms with Gasteiger partial charge in [0.25, 0.3) is 0 Å². The molecule has 0 saturated carbocycles. The van der Waals surface area contributed by atoms with Crippen molar-refractivity contribution in [3.05, 3.63) is 27.7 Å². The van der Waals surface area contributed by atoms with E-state index in [2.05, 4.69) is 4.90 Å². The summed E-state index contributed by atoms with van der Waals surface area (Å²) < 4.78 is 23.1. The molecular formula is C12H16Cl2N2O2S. The first kappa shape index (κ1) is 14.9. The van der Waals surface area contributed by atoms with Gasteiger partial charge in [0.2, 0.25) is 0 Å². The van der Waals surface area contributed by atoms with Crippen LogP contribution in [0.15, 0.2) is 12.1 Å². The van der Waals surface area contributed by atoms with Gasteiger partial charge in [0.05, 0.1) is 27.2 Å². The Bertz CT molecular complexity index is 566. The van der Waals surface area contributed by atoms with E-state index in [0.29, 0.717) is 28.8 Å². The van der Waals surface area contributed by atoms with E-state index in [1.165, 1.54) is 0 Å². The number of nitrogens with zero attached hydrogens (tertiary/aromatic N) is 1. The molecule has 1 heterocycles. The molecule has 19 heavy (non-hydrogen) atoms. The zero-order valence-electron chi connectivity index (χ0n) is 10.6. The van der Waals surface area contributed by atoms with Crippen LogP contribution in [0.5, 0.6) is 0 Å². The summed E-state index contributed by atoms with van der Waals surface area (Å²) in [7, 11) is -2.89. The number of sulfone groups is 1. The minimum absolute atomic E-state index is 0.00569. The fraction of sp³-hybridized carbons (Fsp3) is 0.500. The Kier molecular flexibility index (Phi) is 4.30. The molecule has 1 fully saturated rings. The van der Waals surface area contributed by atoms with Gasteiger partial charge in [0, 0.05) is 19.1 Å². The van der Waals surface area contributed by atoms with E-state index in [4.69, 9.17) is 28.9 Å². The van der Waals surface area contributed by atoms with Crippen molar-refractivity contribution in [3.63, 3.8) is 0 Å². The summed E-state index contributed by atoms with van der Waals surface area (Å²) in [5, 5.41) is 0.861. The summed E-state index contributed by atoms with van der Waals surface area (Å²) in [4.78, 5) is 2.11. The summed E-state index contributed by atoms with van der Waals surface area (Å²) in [6, 6.07) is 3.55. The highest BCUT2D eigenvalue weighted by Crippen LogP contribution is 2.29. The zero-order chi connectivity index (χ0) is 14.2. The highest BCUT2D eigenvalue weighted by Gasteiger charge is 2.28. The van der Waals surface area contributed by atoms with Crippen LogP contribution in [0.4, 0.5) is 5.69 Å². The molecule has 1 aliphatic heterocycles. The van der Waals surface area contributed by atoms with E-state index in [1.54, 1.807) is 12.1 Å². The smallest absolute Gasteiger partial charge is 0.153 e. The molecule has 4 nitrogen and oxygen atoms in total. The molecule has 106 valence electrons. The molecule has 0 amide bonds. The molecule has 0 aliphatic carbocycles. The quantitative estimate of drug-likeness (QED) is 0.848. The lowest BCUT2D eigenvalue weighted by molar-refractivity contribution is 0.218. The molecule has 1 aromatic carbocycles. The Balaban J connectivity index is 2.14. The number of benzene rings is 1. The van der Waals surface area contributed by atoms with Crippen LogP contribution in [0.3, 0.4) is 0 Å². The Hall–Kier alpha value is -0.490. The van der Waals surface area contributed by atoms with E-state index in [-0.39, 0.29) is 17.5 Å². The Labute approximate surface area is 123 Å². The van der Waals surface area contributed by atoms with Gasteiger partial charge in [-0.3, -0.25) is 4.90 Å². The molecule has 1 aliphatic rings. The van der Waals surface area contributed by atoms with Gasteiger partial charge in [-0.2, -0.15) is 0 Å². The van der Waals surface area contributed by atoms with Crippen LogP contribution in [0, 0.1) is 0 Å². The van der Waals surface area contributed by atoms with Crippen molar-refractivity contribution in [2.45, 2.75) is 19.5 Å². The van der Waals surface area contributed by atoms with Gasteiger partial charge in [0.15, 0.2) is 9.84 Å². The average Bonchev–Trinajstić information content (AvgIpc) is 2.29. The number of nitrogens with two attached hydrogens (primary N) is 1. The maximum Gasteiger partial charge on any atom is 0.153 e. The Morgan fingerprint density at radius 1 is 1.37 bits per heavy atom. The molecule has 0 spiro atoms. The van der Waals surface area contributed by atoms with Gasteiger partial charge in [0.1, 0.15) is 0 Å². The van der Waals surface area contributed by atoms with Crippen molar-refractivity contribution in [1.82, 2.24) is 4.90 Å². The molecule has 2 N–H and O–H groups in total. The van der Waals surface area contributed by atoms with Crippen molar-refractivity contribution in [3.8, 4) is 0 Å². The number of hydrogen-bond donors (Lipinski definition) is 1. The van der Waals surface area contributed by atoms with Crippen molar-refractivity contribution in [2.75, 3.05) is 23.8 Å². The predicted octanol–water partition coefficient (Wildman–Crippen LogP) is 2.19. The second-order valence-corrected chi connectivity index (χ2v) is 7.95. The molecule has 2 rings (SSSR count). The Morgan fingerprint density at radius 3 is 2.47 bits per heavy atom. The van der Waals surface area contributed by atoms with Crippen LogP contribution < -0.4 is 5.73 Å². The molecule has 1 atom stereocenters. The molecule has 1 aromatic rings. The van der Waals surface area contributed by atoms with Crippen molar-refractivity contribution < 1.29 is 8.42 Å². The third-order valence-electron chi connectivity index (χ3n) is 3.33. The number of anilines is 1. The lowest BCUT2D eigenvalue weighted by Crippen LogP contribution is -2.46. The highest BCUT2D eigenvalue weighted by molar-refractivity contribution is 7.91. The van der Waals surface area contributed by atoms with Crippen molar-refractivity contribution >= 4 is 38.7 Å². The molecule has 0 aromatic heterocycles. The van der Waals surface area contributed by atoms with Gasteiger partial charge >= 0.3 is 0 Å². The zero-order valence-corrected chi connectivity index (χ0v) is 12.9. The standard InChI is InChI=1S/C12H16Cl2N2O2S/c1-8-7-19(17,18)3-2-16(8)6-9-4-10(13)12(15)11(14)5-9/h4-5,8H,2-3,6-7,15H2,1H3. The van der Waals surface area contributed by atoms with Crippen LogP contribution >= 0.6 is 23.2 Å². The molecule has 7 heteroatoms. The molecule has 1 saturated heterocycles. The van der Waals surface area contributed by atoms with Gasteiger partial charge in [-0.15, -0.1) is 0 Å². The van der Waals surface area contributed by atoms with Gasteiger partial charge in [-0.05, 0) is 24.6 Å². The predicted molar refractivity (Wildman–Crippen MR) is 79.4 cm³/mol. The monoisotopic (exact) mass is 322 g/mol. The summed E-state index contributed by atoms with van der Waals surface area (Å²) in [6.07, 6.45) is 0. The lowest BCUT2D eigenvalue weighted by Gasteiger charge is -2.33. The number of hydrogen-bond acceptors (Lipinski definition) is 4. The van der Waals surface area contributed by atoms with Gasteiger partial charge in [-0.1, -0.05) is 23.2 Å². The van der Waals surface area contributed by atoms with E-state index >= 15 is 0 Å². The first-order valence-corrected chi connectivity index (χ1v) is 8.54. The lowest BCUT2D eigenvalue weighted by atomic mass is 10.1. The van der Waals surface area contributed by atoms with Crippen molar-refractivity contribution in [1.29, 1.82) is 0 Å². The van der Waals surface area contributed by atoms with Gasteiger partial charge < -0.3 is 5.73 Å². The first-order valence-electron chi connectivity index (χ1n) is 5.96. The second-order valence-electron chi connectivity index (χ2n) is 4.91. The van der Waals surface area contributed by atoms with Crippen LogP contribution in [0.25, 0.3) is 0 Å². The molecule has 0 bridgehead atoms. The fourth-order valence-electron chi connectivity index (χ4n) is 2.23.